The fourth-order valence-corrected chi connectivity index (χ4v) is 2.14. The number of ether oxygens (including phenoxy) is 1. The maximum Gasteiger partial charge on any atom is 0.0705 e. The van der Waals surface area contributed by atoms with Crippen LogP contribution in [0.2, 0.25) is 5.02 Å². The number of aromatic amines is 1. The number of nitrogens with one attached hydrogen (secondary N) is 2. The lowest BCUT2D eigenvalue weighted by atomic mass is 10.2. The minimum Gasteiger partial charge on any atom is -0.377 e. The summed E-state index contributed by atoms with van der Waals surface area (Å²) in [6.45, 7) is 6.34. The smallest absolute Gasteiger partial charge is 0.0705 e. The van der Waals surface area contributed by atoms with E-state index in [9.17, 15) is 0 Å². The zero-order valence-corrected chi connectivity index (χ0v) is 11.6. The van der Waals surface area contributed by atoms with Gasteiger partial charge in [0.2, 0.25) is 0 Å². The summed E-state index contributed by atoms with van der Waals surface area (Å²) >= 11 is 6.32. The van der Waals surface area contributed by atoms with Gasteiger partial charge in [0.05, 0.1) is 17.7 Å². The number of para-hydroxylation sites is 1. The van der Waals surface area contributed by atoms with Crippen molar-refractivity contribution in [3.8, 4) is 0 Å². The number of aromatic nitrogens is 1. The van der Waals surface area contributed by atoms with Crippen LogP contribution in [0.15, 0.2) is 24.3 Å². The SMILES string of the molecule is CC(C)OCCNCc1[nH]c2ccccc2c1Cl. The Morgan fingerprint density at radius 3 is 2.83 bits per heavy atom. The maximum absolute atomic E-state index is 6.32. The van der Waals surface area contributed by atoms with Crippen LogP contribution < -0.4 is 5.32 Å². The van der Waals surface area contributed by atoms with Crippen molar-refractivity contribution in [1.82, 2.24) is 10.3 Å². The Hall–Kier alpha value is -1.03. The van der Waals surface area contributed by atoms with Crippen LogP contribution in [0.25, 0.3) is 10.9 Å². The van der Waals surface area contributed by atoms with Crippen molar-refractivity contribution < 1.29 is 4.74 Å². The summed E-state index contributed by atoms with van der Waals surface area (Å²) in [5.74, 6) is 0. The third-order valence-corrected chi connectivity index (χ3v) is 3.18. The van der Waals surface area contributed by atoms with Crippen LogP contribution in [-0.4, -0.2) is 24.2 Å². The van der Waals surface area contributed by atoms with E-state index in [1.807, 2.05) is 38.1 Å². The van der Waals surface area contributed by atoms with Crippen LogP contribution in [0, 0.1) is 0 Å². The van der Waals surface area contributed by atoms with Crippen molar-refractivity contribution in [2.45, 2.75) is 26.5 Å². The summed E-state index contributed by atoms with van der Waals surface area (Å²) in [4.78, 5) is 3.33. The summed E-state index contributed by atoms with van der Waals surface area (Å²) in [5, 5.41) is 5.20. The van der Waals surface area contributed by atoms with Gasteiger partial charge in [-0.05, 0) is 19.9 Å². The van der Waals surface area contributed by atoms with Gasteiger partial charge in [0.15, 0.2) is 0 Å². The van der Waals surface area contributed by atoms with E-state index in [0.29, 0.717) is 0 Å². The molecule has 2 aromatic rings. The summed E-state index contributed by atoms with van der Waals surface area (Å²) in [6.07, 6.45) is 0.281. The molecular weight excluding hydrogens is 248 g/mol. The van der Waals surface area contributed by atoms with Crippen LogP contribution in [0.5, 0.6) is 0 Å². The van der Waals surface area contributed by atoms with Gasteiger partial charge in [0.25, 0.3) is 0 Å². The summed E-state index contributed by atoms with van der Waals surface area (Å²) in [7, 11) is 0. The molecule has 1 heterocycles. The van der Waals surface area contributed by atoms with Crippen LogP contribution in [0.3, 0.4) is 0 Å². The van der Waals surface area contributed by atoms with Crippen molar-refractivity contribution >= 4 is 22.5 Å². The predicted molar refractivity (Wildman–Crippen MR) is 76.1 cm³/mol. The monoisotopic (exact) mass is 266 g/mol. The van der Waals surface area contributed by atoms with E-state index in [2.05, 4.69) is 10.3 Å². The molecule has 0 aliphatic carbocycles. The standard InChI is InChI=1S/C14H19ClN2O/c1-10(2)18-8-7-16-9-13-14(15)11-5-3-4-6-12(11)17-13/h3-6,10,16-17H,7-9H2,1-2H3. The molecule has 0 spiro atoms. The summed E-state index contributed by atoms with van der Waals surface area (Å²) < 4.78 is 5.46. The molecule has 0 amide bonds. The van der Waals surface area contributed by atoms with E-state index in [4.69, 9.17) is 16.3 Å². The minimum absolute atomic E-state index is 0.281. The van der Waals surface area contributed by atoms with Gasteiger partial charge in [0.1, 0.15) is 0 Å². The average Bonchev–Trinajstić information content (AvgIpc) is 2.66. The van der Waals surface area contributed by atoms with Gasteiger partial charge in [-0.3, -0.25) is 0 Å². The molecule has 2 rings (SSSR count). The molecule has 0 aliphatic rings. The van der Waals surface area contributed by atoms with Gasteiger partial charge in [-0.1, -0.05) is 29.8 Å². The number of H-pyrrole nitrogens is 1. The van der Waals surface area contributed by atoms with Crippen molar-refractivity contribution in [3.63, 3.8) is 0 Å². The Labute approximate surface area is 112 Å². The lowest BCUT2D eigenvalue weighted by Crippen LogP contribution is -2.21. The average molecular weight is 267 g/mol. The fourth-order valence-electron chi connectivity index (χ4n) is 1.87. The van der Waals surface area contributed by atoms with Gasteiger partial charge in [-0.25, -0.2) is 0 Å². The first-order valence-electron chi connectivity index (χ1n) is 6.26. The molecule has 2 N–H and O–H groups in total. The van der Waals surface area contributed by atoms with Crippen molar-refractivity contribution in [1.29, 1.82) is 0 Å². The Morgan fingerprint density at radius 2 is 2.11 bits per heavy atom. The number of halogens is 1. The predicted octanol–water partition coefficient (Wildman–Crippen LogP) is 3.34. The van der Waals surface area contributed by atoms with E-state index >= 15 is 0 Å². The highest BCUT2D eigenvalue weighted by Crippen LogP contribution is 2.26. The second-order valence-corrected chi connectivity index (χ2v) is 4.94. The molecule has 1 aromatic carbocycles. The maximum atomic E-state index is 6.32. The van der Waals surface area contributed by atoms with Gasteiger partial charge >= 0.3 is 0 Å². The molecule has 18 heavy (non-hydrogen) atoms. The molecule has 0 radical (unpaired) electrons. The molecule has 0 unspecified atom stereocenters. The van der Waals surface area contributed by atoms with Gasteiger partial charge in [-0.2, -0.15) is 0 Å². The third kappa shape index (κ3) is 3.25. The van der Waals surface area contributed by atoms with Crippen molar-refractivity contribution in [3.05, 3.63) is 35.0 Å². The molecule has 0 saturated heterocycles. The molecule has 0 fully saturated rings. The molecular formula is C14H19ClN2O. The van der Waals surface area contributed by atoms with E-state index < -0.39 is 0 Å². The van der Waals surface area contributed by atoms with E-state index in [1.54, 1.807) is 0 Å². The number of hydrogen-bond donors (Lipinski definition) is 2. The topological polar surface area (TPSA) is 37.0 Å². The zero-order valence-electron chi connectivity index (χ0n) is 10.8. The van der Waals surface area contributed by atoms with Crippen molar-refractivity contribution in [2.24, 2.45) is 0 Å². The normalized spacial score (nSPS) is 11.6. The van der Waals surface area contributed by atoms with E-state index in [0.717, 1.165) is 41.3 Å². The molecule has 0 atom stereocenters. The molecule has 4 heteroatoms. The third-order valence-electron chi connectivity index (χ3n) is 2.75. The molecule has 98 valence electrons. The highest BCUT2D eigenvalue weighted by atomic mass is 35.5. The number of hydrogen-bond acceptors (Lipinski definition) is 2. The Bertz CT molecular complexity index is 507. The van der Waals surface area contributed by atoms with Gasteiger partial charge in [-0.15, -0.1) is 0 Å². The Balaban J connectivity index is 1.90. The lowest BCUT2D eigenvalue weighted by Gasteiger charge is -2.08. The fraction of sp³-hybridized carbons (Fsp3) is 0.429. The molecule has 0 bridgehead atoms. The Kier molecular flexibility index (Phi) is 4.64. The number of rotatable bonds is 6. The van der Waals surface area contributed by atoms with Crippen LogP contribution in [0.1, 0.15) is 19.5 Å². The molecule has 0 aliphatic heterocycles. The number of fused-ring (bicyclic) bond motifs is 1. The van der Waals surface area contributed by atoms with Gasteiger partial charge < -0.3 is 15.0 Å². The lowest BCUT2D eigenvalue weighted by molar-refractivity contribution is 0.0807. The molecule has 1 aromatic heterocycles. The zero-order chi connectivity index (χ0) is 13.0. The van der Waals surface area contributed by atoms with Crippen LogP contribution in [-0.2, 0) is 11.3 Å². The van der Waals surface area contributed by atoms with E-state index in [-0.39, 0.29) is 6.10 Å². The molecule has 3 nitrogen and oxygen atoms in total. The number of benzene rings is 1. The minimum atomic E-state index is 0.281. The van der Waals surface area contributed by atoms with E-state index in [1.165, 1.54) is 0 Å². The largest absolute Gasteiger partial charge is 0.377 e. The summed E-state index contributed by atoms with van der Waals surface area (Å²) in [6, 6.07) is 8.06. The first-order chi connectivity index (χ1) is 8.68. The van der Waals surface area contributed by atoms with Crippen LogP contribution in [0.4, 0.5) is 0 Å². The first-order valence-corrected chi connectivity index (χ1v) is 6.63. The molecule has 0 saturated carbocycles. The first kappa shape index (κ1) is 13.4. The van der Waals surface area contributed by atoms with Crippen LogP contribution >= 0.6 is 11.6 Å². The Morgan fingerprint density at radius 1 is 1.33 bits per heavy atom. The van der Waals surface area contributed by atoms with Crippen molar-refractivity contribution in [2.75, 3.05) is 13.2 Å². The summed E-state index contributed by atoms with van der Waals surface area (Å²) in [5.41, 5.74) is 2.11. The highest BCUT2D eigenvalue weighted by molar-refractivity contribution is 6.36. The highest BCUT2D eigenvalue weighted by Gasteiger charge is 2.07. The second-order valence-electron chi connectivity index (χ2n) is 4.56. The second kappa shape index (κ2) is 6.23. The quantitative estimate of drug-likeness (QED) is 0.787. The van der Waals surface area contributed by atoms with Gasteiger partial charge in [0, 0.05) is 29.7 Å².